The predicted octanol–water partition coefficient (Wildman–Crippen LogP) is 0.234. The van der Waals surface area contributed by atoms with E-state index in [9.17, 15) is 14.7 Å². The molecular weight excluding hydrogens is 358 g/mol. The van der Waals surface area contributed by atoms with E-state index in [4.69, 9.17) is 0 Å². The zero-order chi connectivity index (χ0) is 19.7. The number of rotatable bonds is 6. The van der Waals surface area contributed by atoms with Gasteiger partial charge in [-0.3, -0.25) is 14.3 Å². The van der Waals surface area contributed by atoms with Crippen LogP contribution in [0.1, 0.15) is 42.6 Å². The molecule has 0 radical (unpaired) electrons. The fraction of sp³-hybridized carbons (Fsp3) is 0.750. The van der Waals surface area contributed by atoms with Crippen molar-refractivity contribution in [1.82, 2.24) is 24.9 Å². The average molecular weight is 390 g/mol. The number of nitrogens with zero attached hydrogens (tertiary/aromatic N) is 4. The number of aliphatic hydroxyl groups is 1. The first-order chi connectivity index (χ1) is 13.6. The zero-order valence-corrected chi connectivity index (χ0v) is 16.6. The molecule has 28 heavy (non-hydrogen) atoms. The van der Waals surface area contributed by atoms with E-state index in [2.05, 4.69) is 20.2 Å². The van der Waals surface area contributed by atoms with Gasteiger partial charge in [0.25, 0.3) is 5.91 Å². The minimum absolute atomic E-state index is 0.0446. The van der Waals surface area contributed by atoms with Crippen molar-refractivity contribution in [1.29, 1.82) is 0 Å². The molecule has 8 nitrogen and oxygen atoms in total. The van der Waals surface area contributed by atoms with Crippen molar-refractivity contribution in [2.24, 2.45) is 18.9 Å². The summed E-state index contributed by atoms with van der Waals surface area (Å²) in [5.41, 5.74) is 0.531. The maximum Gasteiger partial charge on any atom is 0.269 e. The summed E-state index contributed by atoms with van der Waals surface area (Å²) in [6.45, 7) is 3.54. The Labute approximate surface area is 165 Å². The van der Waals surface area contributed by atoms with E-state index in [0.717, 1.165) is 45.3 Å². The van der Waals surface area contributed by atoms with E-state index in [1.54, 1.807) is 24.0 Å². The lowest BCUT2D eigenvalue weighted by molar-refractivity contribution is -0.152. The molecule has 4 atom stereocenters. The molecule has 1 aromatic rings. The van der Waals surface area contributed by atoms with Crippen molar-refractivity contribution in [2.45, 2.75) is 44.2 Å². The first kappa shape index (κ1) is 19.4. The maximum absolute atomic E-state index is 12.8. The van der Waals surface area contributed by atoms with E-state index in [1.807, 2.05) is 0 Å². The summed E-state index contributed by atoms with van der Waals surface area (Å²) in [5.74, 6) is 0.971. The van der Waals surface area contributed by atoms with Gasteiger partial charge in [-0.2, -0.15) is 5.10 Å². The number of aromatic nitrogens is 2. The summed E-state index contributed by atoms with van der Waals surface area (Å²) in [4.78, 5) is 29.9. The smallest absolute Gasteiger partial charge is 0.269 e. The molecule has 0 aromatic carbocycles. The summed E-state index contributed by atoms with van der Waals surface area (Å²) in [6, 6.07) is 2.04. The predicted molar refractivity (Wildman–Crippen MR) is 104 cm³/mol. The number of carbonyl (C=O) groups excluding carboxylic acids is 2. The van der Waals surface area contributed by atoms with Crippen LogP contribution in [0.25, 0.3) is 0 Å². The van der Waals surface area contributed by atoms with Crippen LogP contribution in [-0.4, -0.2) is 81.4 Å². The minimum atomic E-state index is -0.143. The Bertz CT molecular complexity index is 720. The molecule has 0 aliphatic carbocycles. The minimum Gasteiger partial charge on any atom is -0.396 e. The van der Waals surface area contributed by atoms with E-state index in [1.165, 1.54) is 0 Å². The molecule has 2 bridgehead atoms. The van der Waals surface area contributed by atoms with E-state index in [0.29, 0.717) is 30.5 Å². The lowest BCUT2D eigenvalue weighted by Crippen LogP contribution is -2.67. The quantitative estimate of drug-likeness (QED) is 0.727. The number of hydrogen-bond donors (Lipinski definition) is 2. The number of fused-ring (bicyclic) bond motifs is 4. The molecule has 3 saturated heterocycles. The van der Waals surface area contributed by atoms with E-state index in [-0.39, 0.29) is 30.5 Å². The summed E-state index contributed by atoms with van der Waals surface area (Å²) < 4.78 is 1.57. The number of aliphatic hydroxyl groups excluding tert-OH is 1. The number of piperidine rings is 3. The number of hydrogen-bond acceptors (Lipinski definition) is 5. The Kier molecular flexibility index (Phi) is 5.68. The molecule has 1 aromatic heterocycles. The fourth-order valence-corrected chi connectivity index (χ4v) is 5.50. The number of aryl methyl sites for hydroxylation is 1. The van der Waals surface area contributed by atoms with Gasteiger partial charge in [0.2, 0.25) is 5.91 Å². The molecule has 4 rings (SSSR count). The highest BCUT2D eigenvalue weighted by Gasteiger charge is 2.49. The molecular formula is C20H31N5O3. The third kappa shape index (κ3) is 3.67. The van der Waals surface area contributed by atoms with Gasteiger partial charge in [-0.05, 0) is 43.6 Å². The molecule has 0 saturated carbocycles. The van der Waals surface area contributed by atoms with Crippen LogP contribution in [-0.2, 0) is 11.8 Å². The Hall–Kier alpha value is -1.93. The highest BCUT2D eigenvalue weighted by Crippen LogP contribution is 2.41. The van der Waals surface area contributed by atoms with Crippen LogP contribution in [0.2, 0.25) is 0 Å². The fourth-order valence-electron chi connectivity index (χ4n) is 5.50. The van der Waals surface area contributed by atoms with Gasteiger partial charge in [0.05, 0.1) is 6.04 Å². The zero-order valence-electron chi connectivity index (χ0n) is 16.6. The molecule has 3 aliphatic heterocycles. The van der Waals surface area contributed by atoms with Gasteiger partial charge in [-0.15, -0.1) is 0 Å². The highest BCUT2D eigenvalue weighted by molar-refractivity contribution is 5.92. The van der Waals surface area contributed by atoms with Gasteiger partial charge in [-0.25, -0.2) is 0 Å². The SMILES string of the molecule is Cn1nccc1C(=O)NC[C@H]1[C@H]2C[C@@H](CN(CCCO)C2)[C@@H]2CCCC(=O)N21. The van der Waals surface area contributed by atoms with Crippen molar-refractivity contribution < 1.29 is 14.7 Å². The molecule has 0 spiro atoms. The van der Waals surface area contributed by atoms with Crippen molar-refractivity contribution in [2.75, 3.05) is 32.8 Å². The van der Waals surface area contributed by atoms with E-state index < -0.39 is 0 Å². The Morgan fingerprint density at radius 3 is 2.93 bits per heavy atom. The molecule has 2 amide bonds. The second-order valence-electron chi connectivity index (χ2n) is 8.47. The Balaban J connectivity index is 1.50. The monoisotopic (exact) mass is 389 g/mol. The largest absolute Gasteiger partial charge is 0.396 e. The maximum atomic E-state index is 12.8. The van der Waals surface area contributed by atoms with Crippen molar-refractivity contribution in [3.05, 3.63) is 18.0 Å². The standard InChI is InChI=1S/C20H31N5O3/c1-23-17(6-7-22-23)20(28)21-11-18-15-10-14(12-24(13-15)8-3-9-26)16-4-2-5-19(27)25(16)18/h6-7,14-16,18,26H,2-5,8-13H2,1H3,(H,21,28)/t14-,15-,16-,18-/m0/s1. The van der Waals surface area contributed by atoms with Crippen LogP contribution in [0.5, 0.6) is 0 Å². The van der Waals surface area contributed by atoms with Crippen molar-refractivity contribution >= 4 is 11.8 Å². The molecule has 0 unspecified atom stereocenters. The van der Waals surface area contributed by atoms with Gasteiger partial charge in [0.1, 0.15) is 5.69 Å². The van der Waals surface area contributed by atoms with Gasteiger partial charge in [0.15, 0.2) is 0 Å². The molecule has 3 fully saturated rings. The van der Waals surface area contributed by atoms with Gasteiger partial charge in [-0.1, -0.05) is 0 Å². The number of amides is 2. The summed E-state index contributed by atoms with van der Waals surface area (Å²) >= 11 is 0. The van der Waals surface area contributed by atoms with Crippen molar-refractivity contribution in [3.8, 4) is 0 Å². The Morgan fingerprint density at radius 1 is 1.36 bits per heavy atom. The van der Waals surface area contributed by atoms with Crippen molar-refractivity contribution in [3.63, 3.8) is 0 Å². The second-order valence-corrected chi connectivity index (χ2v) is 8.47. The molecule has 154 valence electrons. The molecule has 2 N–H and O–H groups in total. The third-order valence-corrected chi connectivity index (χ3v) is 6.73. The molecule has 3 aliphatic rings. The molecule has 4 heterocycles. The van der Waals surface area contributed by atoms with Gasteiger partial charge >= 0.3 is 0 Å². The second kappa shape index (κ2) is 8.21. The van der Waals surface area contributed by atoms with Crippen LogP contribution in [0, 0.1) is 11.8 Å². The summed E-state index contributed by atoms with van der Waals surface area (Å²) in [5, 5.41) is 16.3. The number of nitrogens with one attached hydrogen (secondary N) is 1. The lowest BCUT2D eigenvalue weighted by Gasteiger charge is -2.56. The van der Waals surface area contributed by atoms with Gasteiger partial charge < -0.3 is 20.2 Å². The van der Waals surface area contributed by atoms with Crippen LogP contribution < -0.4 is 5.32 Å². The Morgan fingerprint density at radius 2 is 2.18 bits per heavy atom. The topological polar surface area (TPSA) is 90.7 Å². The van der Waals surface area contributed by atoms with Gasteiger partial charge in [0, 0.05) is 58.5 Å². The van der Waals surface area contributed by atoms with E-state index >= 15 is 0 Å². The van der Waals surface area contributed by atoms with Crippen LogP contribution >= 0.6 is 0 Å². The summed E-state index contributed by atoms with van der Waals surface area (Å²) in [7, 11) is 1.75. The number of likely N-dealkylation sites (tertiary alicyclic amines) is 1. The number of carbonyl (C=O) groups is 2. The van der Waals surface area contributed by atoms with Crippen LogP contribution in [0.15, 0.2) is 12.3 Å². The normalized spacial score (nSPS) is 30.2. The first-order valence-electron chi connectivity index (χ1n) is 10.5. The lowest BCUT2D eigenvalue weighted by atomic mass is 9.72. The summed E-state index contributed by atoms with van der Waals surface area (Å²) in [6.07, 6.45) is 6.17. The average Bonchev–Trinajstić information content (AvgIpc) is 3.12. The first-order valence-corrected chi connectivity index (χ1v) is 10.5. The third-order valence-electron chi connectivity index (χ3n) is 6.73. The van der Waals surface area contributed by atoms with Crippen LogP contribution in [0.4, 0.5) is 0 Å². The van der Waals surface area contributed by atoms with Crippen LogP contribution in [0.3, 0.4) is 0 Å². The molecule has 8 heteroatoms. The highest BCUT2D eigenvalue weighted by atomic mass is 16.3.